The summed E-state index contributed by atoms with van der Waals surface area (Å²) in [7, 11) is 1.56. The molecule has 2 amide bonds. The Morgan fingerprint density at radius 2 is 2.08 bits per heavy atom. The first-order chi connectivity index (χ1) is 11.3. The van der Waals surface area contributed by atoms with Gasteiger partial charge in [-0.15, -0.1) is 11.3 Å². The molecule has 0 fully saturated rings. The number of hydrogen-bond donors (Lipinski definition) is 2. The smallest absolute Gasteiger partial charge is 0.351 e. The molecule has 0 saturated heterocycles. The molecule has 0 unspecified atom stereocenters. The van der Waals surface area contributed by atoms with Gasteiger partial charge in [0.05, 0.1) is 10.4 Å². The van der Waals surface area contributed by atoms with Gasteiger partial charge in [0, 0.05) is 13.1 Å². The van der Waals surface area contributed by atoms with Crippen LogP contribution in [0.2, 0.25) is 0 Å². The van der Waals surface area contributed by atoms with Gasteiger partial charge in [0.15, 0.2) is 5.58 Å². The van der Waals surface area contributed by atoms with Crippen molar-refractivity contribution in [1.82, 2.24) is 4.37 Å². The van der Waals surface area contributed by atoms with Gasteiger partial charge in [0.25, 0.3) is 0 Å². The minimum Gasteiger partial charge on any atom is -0.477 e. The van der Waals surface area contributed by atoms with Gasteiger partial charge in [-0.05, 0) is 30.6 Å². The summed E-state index contributed by atoms with van der Waals surface area (Å²) >= 11 is 2.32. The zero-order valence-electron chi connectivity index (χ0n) is 12.5. The summed E-state index contributed by atoms with van der Waals surface area (Å²) in [5.41, 5.74) is -0.323. The summed E-state index contributed by atoms with van der Waals surface area (Å²) in [6.45, 7) is 1.82. The first-order valence-corrected chi connectivity index (χ1v) is 8.23. The van der Waals surface area contributed by atoms with Crippen molar-refractivity contribution in [2.75, 3.05) is 17.3 Å². The molecule has 3 rings (SSSR count). The third-order valence-corrected chi connectivity index (χ3v) is 5.07. The van der Waals surface area contributed by atoms with Crippen LogP contribution in [0.5, 0.6) is 0 Å². The molecule has 3 aromatic heterocycles. The summed E-state index contributed by atoms with van der Waals surface area (Å²) < 4.78 is 9.54. The van der Waals surface area contributed by atoms with Crippen LogP contribution in [0.15, 0.2) is 27.4 Å². The second-order valence-corrected chi connectivity index (χ2v) is 6.75. The van der Waals surface area contributed by atoms with E-state index in [-0.39, 0.29) is 11.6 Å². The van der Waals surface area contributed by atoms with Crippen LogP contribution < -0.4 is 15.8 Å². The Balaban J connectivity index is 1.89. The largest absolute Gasteiger partial charge is 0.477 e. The van der Waals surface area contributed by atoms with E-state index in [9.17, 15) is 14.4 Å². The van der Waals surface area contributed by atoms with E-state index in [4.69, 9.17) is 9.52 Å². The Morgan fingerprint density at radius 3 is 2.71 bits per heavy atom. The van der Waals surface area contributed by atoms with Crippen LogP contribution in [0.1, 0.15) is 16.1 Å². The van der Waals surface area contributed by atoms with E-state index in [1.54, 1.807) is 13.1 Å². The third-order valence-electron chi connectivity index (χ3n) is 3.13. The number of carbonyl (C=O) groups excluding carboxylic acids is 1. The quantitative estimate of drug-likeness (QED) is 0.738. The molecule has 0 spiro atoms. The molecular weight excluding hydrogens is 354 g/mol. The highest BCUT2D eigenvalue weighted by atomic mass is 32.1. The molecule has 124 valence electrons. The number of carboxylic acids is 1. The van der Waals surface area contributed by atoms with Gasteiger partial charge in [-0.1, -0.05) is 0 Å². The van der Waals surface area contributed by atoms with Crippen LogP contribution in [0, 0.1) is 6.92 Å². The summed E-state index contributed by atoms with van der Waals surface area (Å²) in [6, 6.07) is 4.13. The third kappa shape index (κ3) is 3.01. The van der Waals surface area contributed by atoms with E-state index in [1.165, 1.54) is 28.6 Å². The molecule has 24 heavy (non-hydrogen) atoms. The Kier molecular flexibility index (Phi) is 4.08. The van der Waals surface area contributed by atoms with Gasteiger partial charge in [-0.3, -0.25) is 10.2 Å². The zero-order valence-corrected chi connectivity index (χ0v) is 14.2. The van der Waals surface area contributed by atoms with Crippen molar-refractivity contribution < 1.29 is 19.1 Å². The number of hydrogen-bond acceptors (Lipinski definition) is 7. The van der Waals surface area contributed by atoms with Crippen LogP contribution in [0.3, 0.4) is 0 Å². The zero-order chi connectivity index (χ0) is 17.4. The fraction of sp³-hybridized carbons (Fsp3) is 0.143. The van der Waals surface area contributed by atoms with Crippen molar-refractivity contribution in [1.29, 1.82) is 0 Å². The van der Waals surface area contributed by atoms with E-state index in [0.29, 0.717) is 14.7 Å². The summed E-state index contributed by atoms with van der Waals surface area (Å²) in [5, 5.41) is 12.8. The number of anilines is 2. The number of amides is 2. The molecule has 3 aromatic rings. The normalized spacial score (nSPS) is 10.8. The second kappa shape index (κ2) is 6.06. The topological polar surface area (TPSA) is 113 Å². The number of nitrogens with one attached hydrogen (secondary N) is 1. The molecule has 0 aliphatic rings. The molecule has 0 atom stereocenters. The lowest BCUT2D eigenvalue weighted by Gasteiger charge is -2.14. The van der Waals surface area contributed by atoms with E-state index < -0.39 is 17.2 Å². The number of carbonyl (C=O) groups is 2. The maximum atomic E-state index is 12.3. The Bertz CT molecular complexity index is 1000. The van der Waals surface area contributed by atoms with Gasteiger partial charge >= 0.3 is 17.6 Å². The molecule has 8 nitrogen and oxygen atoms in total. The van der Waals surface area contributed by atoms with Crippen LogP contribution in [-0.4, -0.2) is 28.5 Å². The number of aryl methyl sites for hydroxylation is 1. The molecular formula is C14H11N3O5S2. The number of thiophene rings is 1. The van der Waals surface area contributed by atoms with Crippen molar-refractivity contribution in [2.45, 2.75) is 6.92 Å². The predicted octanol–water partition coefficient (Wildman–Crippen LogP) is 2.99. The van der Waals surface area contributed by atoms with Gasteiger partial charge in [0.1, 0.15) is 15.6 Å². The minimum atomic E-state index is -1.35. The van der Waals surface area contributed by atoms with Crippen LogP contribution in [0.25, 0.3) is 10.3 Å². The number of aromatic nitrogens is 1. The van der Waals surface area contributed by atoms with Crippen LogP contribution in [-0.2, 0) is 0 Å². The maximum absolute atomic E-state index is 12.3. The molecule has 2 N–H and O–H groups in total. The standard InChI is InChI=1S/C14H11N3O5S2/c1-6-3-10(24-16-6)15-14(21)17(2)11-5-8-9(23-11)4-7(12(18)19)13(20)22-8/h3-5H,1-2H3,(H,15,21)(H,18,19). The predicted molar refractivity (Wildman–Crippen MR) is 91.6 cm³/mol. The number of carboxylic acid groups (broad SMARTS) is 1. The monoisotopic (exact) mass is 365 g/mol. The molecule has 0 radical (unpaired) electrons. The van der Waals surface area contributed by atoms with Crippen molar-refractivity contribution in [2.24, 2.45) is 0 Å². The highest BCUT2D eigenvalue weighted by Crippen LogP contribution is 2.32. The molecule has 0 aliphatic heterocycles. The highest BCUT2D eigenvalue weighted by molar-refractivity contribution is 7.22. The lowest BCUT2D eigenvalue weighted by molar-refractivity contribution is 0.0692. The van der Waals surface area contributed by atoms with Crippen molar-refractivity contribution in [3.63, 3.8) is 0 Å². The van der Waals surface area contributed by atoms with Crippen molar-refractivity contribution >= 4 is 55.2 Å². The van der Waals surface area contributed by atoms with Gasteiger partial charge in [-0.2, -0.15) is 4.37 Å². The lowest BCUT2D eigenvalue weighted by Crippen LogP contribution is -2.30. The molecule has 0 aliphatic carbocycles. The SMILES string of the molecule is Cc1cc(NC(=O)N(C)c2cc3oc(=O)c(C(=O)O)cc3s2)sn1. The van der Waals surface area contributed by atoms with E-state index in [0.717, 1.165) is 17.0 Å². The highest BCUT2D eigenvalue weighted by Gasteiger charge is 2.18. The van der Waals surface area contributed by atoms with Crippen LogP contribution in [0.4, 0.5) is 14.8 Å². The summed E-state index contributed by atoms with van der Waals surface area (Å²) in [4.78, 5) is 36.2. The molecule has 0 bridgehead atoms. The van der Waals surface area contributed by atoms with Gasteiger partial charge in [0.2, 0.25) is 0 Å². The number of fused-ring (bicyclic) bond motifs is 1. The van der Waals surface area contributed by atoms with Crippen LogP contribution >= 0.6 is 22.9 Å². The molecule has 3 heterocycles. The average molecular weight is 365 g/mol. The summed E-state index contributed by atoms with van der Waals surface area (Å²) in [5.74, 6) is -1.35. The first kappa shape index (κ1) is 16.1. The van der Waals surface area contributed by atoms with E-state index >= 15 is 0 Å². The average Bonchev–Trinajstić information content (AvgIpc) is 3.11. The Labute approximate surface area is 143 Å². The van der Waals surface area contributed by atoms with E-state index in [1.807, 2.05) is 6.92 Å². The second-order valence-electron chi connectivity index (χ2n) is 4.89. The molecule has 0 aromatic carbocycles. The maximum Gasteiger partial charge on any atom is 0.351 e. The number of rotatable bonds is 3. The molecule has 10 heteroatoms. The minimum absolute atomic E-state index is 0.235. The number of urea groups is 1. The fourth-order valence-corrected chi connectivity index (χ4v) is 3.57. The Morgan fingerprint density at radius 1 is 1.33 bits per heavy atom. The van der Waals surface area contributed by atoms with Crippen molar-refractivity contribution in [3.05, 3.63) is 39.9 Å². The molecule has 0 saturated carbocycles. The summed E-state index contributed by atoms with van der Waals surface area (Å²) in [6.07, 6.45) is 0. The van der Waals surface area contributed by atoms with Gasteiger partial charge in [-0.25, -0.2) is 14.4 Å². The van der Waals surface area contributed by atoms with Gasteiger partial charge < -0.3 is 9.52 Å². The lowest BCUT2D eigenvalue weighted by atomic mass is 10.3. The fourth-order valence-electron chi connectivity index (χ4n) is 1.93. The Hall–Kier alpha value is -2.72. The first-order valence-electron chi connectivity index (χ1n) is 6.64. The van der Waals surface area contributed by atoms with Crippen molar-refractivity contribution in [3.8, 4) is 0 Å². The number of aromatic carboxylic acids is 1. The number of nitrogens with zero attached hydrogens (tertiary/aromatic N) is 2. The van der Waals surface area contributed by atoms with E-state index in [2.05, 4.69) is 9.69 Å².